The number of hydrogen-bond donors (Lipinski definition) is 2. The zero-order chi connectivity index (χ0) is 15.8. The zero-order valence-corrected chi connectivity index (χ0v) is 13.3. The van der Waals surface area contributed by atoms with Crippen molar-refractivity contribution in [3.63, 3.8) is 0 Å². The molecule has 6 nitrogen and oxygen atoms in total. The molecule has 0 saturated carbocycles. The highest BCUT2D eigenvalue weighted by Gasteiger charge is 2.23. The van der Waals surface area contributed by atoms with Gasteiger partial charge in [-0.05, 0) is 44.2 Å². The number of amides is 1. The van der Waals surface area contributed by atoms with Crippen LogP contribution in [0.25, 0.3) is 0 Å². The van der Waals surface area contributed by atoms with E-state index >= 15 is 0 Å². The molecule has 4 rings (SSSR count). The monoisotopic (exact) mass is 313 g/mol. The van der Waals surface area contributed by atoms with Crippen LogP contribution < -0.4 is 11.1 Å². The van der Waals surface area contributed by atoms with Crippen LogP contribution in [0.2, 0.25) is 0 Å². The Kier molecular flexibility index (Phi) is 3.69. The predicted molar refractivity (Wildman–Crippen MR) is 86.9 cm³/mol. The number of aryl methyl sites for hydroxylation is 1. The second kappa shape index (κ2) is 5.85. The minimum atomic E-state index is -0.308. The normalized spacial score (nSPS) is 20.1. The molecule has 0 radical (unpaired) electrons. The second-order valence-electron chi connectivity index (χ2n) is 6.52. The number of fused-ring (bicyclic) bond motifs is 2. The van der Waals surface area contributed by atoms with Gasteiger partial charge < -0.3 is 15.6 Å². The van der Waals surface area contributed by atoms with Crippen LogP contribution >= 0.6 is 0 Å². The van der Waals surface area contributed by atoms with Crippen molar-refractivity contribution < 1.29 is 4.79 Å². The molecule has 0 aliphatic carbocycles. The van der Waals surface area contributed by atoms with Crippen LogP contribution in [0.4, 0.5) is 0 Å². The number of nitrogens with zero attached hydrogens (tertiary/aromatic N) is 3. The zero-order valence-electron chi connectivity index (χ0n) is 13.3. The summed E-state index contributed by atoms with van der Waals surface area (Å²) in [6.07, 6.45) is 7.41. The average molecular weight is 313 g/mol. The van der Waals surface area contributed by atoms with Crippen LogP contribution in [0, 0.1) is 0 Å². The molecule has 1 amide bonds. The predicted octanol–water partition coefficient (Wildman–Crippen LogP) is 1.74. The fourth-order valence-corrected chi connectivity index (χ4v) is 3.97. The topological polar surface area (TPSA) is 77.9 Å². The Hall–Kier alpha value is -2.08. The summed E-state index contributed by atoms with van der Waals surface area (Å²) in [6.45, 7) is 2.76. The summed E-state index contributed by atoms with van der Waals surface area (Å²) in [7, 11) is 0. The number of nitrogens with one attached hydrogen (secondary N) is 1. The van der Waals surface area contributed by atoms with Gasteiger partial charge in [0.25, 0.3) is 5.91 Å². The van der Waals surface area contributed by atoms with E-state index < -0.39 is 0 Å². The number of carbonyl (C=O) groups excluding carboxylic acids is 1. The molecule has 2 aromatic heterocycles. The molecule has 4 heterocycles. The Labute approximate surface area is 135 Å². The molecule has 2 aliphatic rings. The molecule has 122 valence electrons. The van der Waals surface area contributed by atoms with Crippen LogP contribution in [-0.4, -0.2) is 20.3 Å². The van der Waals surface area contributed by atoms with Crippen molar-refractivity contribution in [2.24, 2.45) is 5.73 Å². The van der Waals surface area contributed by atoms with E-state index in [9.17, 15) is 4.79 Å². The standard InChI is InChI=1S/C17H23N5O/c18-17(23)13-10-12(21-8-2-1-5-15(13)21)11-19-14-4-3-9-22-16(14)6-7-20-22/h6-7,10,14,19H,1-5,8-9,11H2,(H2,18,23). The molecule has 3 N–H and O–H groups in total. The Morgan fingerprint density at radius 1 is 1.35 bits per heavy atom. The van der Waals surface area contributed by atoms with Crippen molar-refractivity contribution in [1.29, 1.82) is 0 Å². The van der Waals surface area contributed by atoms with Crippen molar-refractivity contribution in [3.05, 3.63) is 41.0 Å². The summed E-state index contributed by atoms with van der Waals surface area (Å²) in [6, 6.07) is 4.41. The van der Waals surface area contributed by atoms with Crippen LogP contribution in [0.5, 0.6) is 0 Å². The van der Waals surface area contributed by atoms with Gasteiger partial charge in [0, 0.05) is 43.3 Å². The van der Waals surface area contributed by atoms with Crippen LogP contribution in [0.1, 0.15) is 59.2 Å². The lowest BCUT2D eigenvalue weighted by Crippen LogP contribution is -2.28. The molecule has 2 aliphatic heterocycles. The largest absolute Gasteiger partial charge is 0.366 e. The first-order valence-corrected chi connectivity index (χ1v) is 8.50. The van der Waals surface area contributed by atoms with Gasteiger partial charge in [0.2, 0.25) is 0 Å². The Morgan fingerprint density at radius 3 is 3.13 bits per heavy atom. The molecule has 1 atom stereocenters. The molecule has 2 aromatic rings. The van der Waals surface area contributed by atoms with Crippen molar-refractivity contribution in [3.8, 4) is 0 Å². The maximum absolute atomic E-state index is 11.7. The van der Waals surface area contributed by atoms with Crippen LogP contribution in [0.15, 0.2) is 18.3 Å². The van der Waals surface area contributed by atoms with E-state index in [4.69, 9.17) is 5.73 Å². The lowest BCUT2D eigenvalue weighted by Gasteiger charge is -2.25. The SMILES string of the molecule is NC(=O)c1cc(CNC2CCCn3nccc32)n2c1CCCC2. The molecule has 23 heavy (non-hydrogen) atoms. The molecule has 0 spiro atoms. The van der Waals surface area contributed by atoms with E-state index in [-0.39, 0.29) is 5.91 Å². The molecular weight excluding hydrogens is 290 g/mol. The fourth-order valence-electron chi connectivity index (χ4n) is 3.97. The lowest BCUT2D eigenvalue weighted by atomic mass is 10.0. The van der Waals surface area contributed by atoms with Gasteiger partial charge in [-0.3, -0.25) is 9.48 Å². The minimum absolute atomic E-state index is 0.308. The summed E-state index contributed by atoms with van der Waals surface area (Å²) >= 11 is 0. The van der Waals surface area contributed by atoms with Crippen molar-refractivity contribution in [1.82, 2.24) is 19.7 Å². The van der Waals surface area contributed by atoms with Gasteiger partial charge >= 0.3 is 0 Å². The van der Waals surface area contributed by atoms with Crippen molar-refractivity contribution in [2.45, 2.75) is 57.8 Å². The Bertz CT molecular complexity index is 729. The first kappa shape index (κ1) is 14.5. The minimum Gasteiger partial charge on any atom is -0.366 e. The van der Waals surface area contributed by atoms with Crippen LogP contribution in [-0.2, 0) is 26.1 Å². The number of hydrogen-bond acceptors (Lipinski definition) is 3. The third-order valence-corrected chi connectivity index (χ3v) is 5.10. The second-order valence-corrected chi connectivity index (χ2v) is 6.52. The molecule has 0 bridgehead atoms. The molecule has 6 heteroatoms. The fraction of sp³-hybridized carbons (Fsp3) is 0.529. The van der Waals surface area contributed by atoms with E-state index in [2.05, 4.69) is 25.7 Å². The number of aromatic nitrogens is 3. The average Bonchev–Trinajstić information content (AvgIpc) is 3.18. The summed E-state index contributed by atoms with van der Waals surface area (Å²) in [5.41, 5.74) is 9.81. The molecule has 1 unspecified atom stereocenters. The number of carbonyl (C=O) groups is 1. The molecule has 0 aromatic carbocycles. The molecule has 0 fully saturated rings. The highest BCUT2D eigenvalue weighted by molar-refractivity contribution is 5.94. The van der Waals surface area contributed by atoms with Crippen molar-refractivity contribution in [2.75, 3.05) is 0 Å². The smallest absolute Gasteiger partial charge is 0.250 e. The first-order chi connectivity index (χ1) is 11.2. The quantitative estimate of drug-likeness (QED) is 0.902. The van der Waals surface area contributed by atoms with Gasteiger partial charge in [-0.1, -0.05) is 0 Å². The number of nitrogens with two attached hydrogens (primary N) is 1. The highest BCUT2D eigenvalue weighted by Crippen LogP contribution is 2.27. The third-order valence-electron chi connectivity index (χ3n) is 5.10. The number of rotatable bonds is 4. The summed E-state index contributed by atoms with van der Waals surface area (Å²) in [4.78, 5) is 11.7. The van der Waals surface area contributed by atoms with Gasteiger partial charge in [-0.25, -0.2) is 0 Å². The van der Waals surface area contributed by atoms with E-state index in [1.54, 1.807) is 0 Å². The van der Waals surface area contributed by atoms with Gasteiger partial charge in [0.15, 0.2) is 0 Å². The van der Waals surface area contributed by atoms with Gasteiger partial charge in [-0.15, -0.1) is 0 Å². The summed E-state index contributed by atoms with van der Waals surface area (Å²) < 4.78 is 4.38. The maximum atomic E-state index is 11.7. The maximum Gasteiger partial charge on any atom is 0.250 e. The molecule has 0 saturated heterocycles. The highest BCUT2D eigenvalue weighted by atomic mass is 16.1. The lowest BCUT2D eigenvalue weighted by molar-refractivity contribution is 0.0999. The van der Waals surface area contributed by atoms with Crippen LogP contribution in [0.3, 0.4) is 0 Å². The van der Waals surface area contributed by atoms with E-state index in [1.165, 1.54) is 17.8 Å². The number of primary amides is 1. The summed E-state index contributed by atoms with van der Waals surface area (Å²) in [5, 5.41) is 8.02. The first-order valence-electron chi connectivity index (χ1n) is 8.50. The van der Waals surface area contributed by atoms with E-state index in [0.717, 1.165) is 51.0 Å². The van der Waals surface area contributed by atoms with Gasteiger partial charge in [-0.2, -0.15) is 5.10 Å². The van der Waals surface area contributed by atoms with Gasteiger partial charge in [0.05, 0.1) is 11.3 Å². The Balaban J connectivity index is 1.55. The van der Waals surface area contributed by atoms with E-state index in [0.29, 0.717) is 11.6 Å². The summed E-state index contributed by atoms with van der Waals surface area (Å²) in [5.74, 6) is -0.308. The van der Waals surface area contributed by atoms with Crippen molar-refractivity contribution >= 4 is 5.91 Å². The Morgan fingerprint density at radius 2 is 2.26 bits per heavy atom. The molecular formula is C17H23N5O. The van der Waals surface area contributed by atoms with Gasteiger partial charge in [0.1, 0.15) is 0 Å². The third kappa shape index (κ3) is 2.57. The van der Waals surface area contributed by atoms with E-state index in [1.807, 2.05) is 12.3 Å².